The van der Waals surface area contributed by atoms with E-state index in [1.54, 1.807) is 11.0 Å². The Kier molecular flexibility index (Phi) is 5.21. The van der Waals surface area contributed by atoms with Gasteiger partial charge < -0.3 is 4.90 Å². The molecule has 8 nitrogen and oxygen atoms in total. The van der Waals surface area contributed by atoms with Gasteiger partial charge in [0.05, 0.1) is 4.92 Å². The fraction of sp³-hybridized carbons (Fsp3) is 0.375. The predicted octanol–water partition coefficient (Wildman–Crippen LogP) is 1.41. The van der Waals surface area contributed by atoms with Crippen molar-refractivity contribution < 1.29 is 18.5 Å². The molecule has 1 fully saturated rings. The van der Waals surface area contributed by atoms with Gasteiger partial charge in [-0.05, 0) is 6.07 Å². The molecule has 1 aromatic carbocycles. The largest absolute Gasteiger partial charge is 0.339 e. The monoisotopic (exact) mass is 365 g/mol. The Labute approximate surface area is 147 Å². The van der Waals surface area contributed by atoms with Crippen LogP contribution < -0.4 is 0 Å². The number of nitrogens with zero attached hydrogens (tertiary/aromatic N) is 5. The van der Waals surface area contributed by atoms with Gasteiger partial charge in [0, 0.05) is 38.3 Å². The second-order valence-electron chi connectivity index (χ2n) is 6.02. The number of carbonyl (C=O) groups is 1. The third-order valence-electron chi connectivity index (χ3n) is 4.28. The molecule has 0 bridgehead atoms. The maximum Gasteiger partial charge on any atom is 0.307 e. The average molecular weight is 365 g/mol. The predicted molar refractivity (Wildman–Crippen MR) is 87.1 cm³/mol. The molecule has 1 aliphatic rings. The van der Waals surface area contributed by atoms with Gasteiger partial charge in [0.1, 0.15) is 18.9 Å². The van der Waals surface area contributed by atoms with E-state index >= 15 is 0 Å². The third-order valence-corrected chi connectivity index (χ3v) is 4.28. The molecule has 1 amide bonds. The summed E-state index contributed by atoms with van der Waals surface area (Å²) in [4.78, 5) is 25.9. The third kappa shape index (κ3) is 4.02. The Hall–Kier alpha value is -2.88. The summed E-state index contributed by atoms with van der Waals surface area (Å²) in [7, 11) is 0. The zero-order valence-corrected chi connectivity index (χ0v) is 13.8. The van der Waals surface area contributed by atoms with Crippen LogP contribution in [0.2, 0.25) is 0 Å². The minimum atomic E-state index is -0.871. The van der Waals surface area contributed by atoms with Crippen LogP contribution in [0, 0.1) is 21.7 Å². The number of carbonyl (C=O) groups excluding carboxylic acids is 1. The molecule has 1 aromatic heterocycles. The van der Waals surface area contributed by atoms with Gasteiger partial charge in [-0.1, -0.05) is 12.1 Å². The zero-order chi connectivity index (χ0) is 18.7. The number of aromatic nitrogens is 2. The molecule has 2 heterocycles. The van der Waals surface area contributed by atoms with Gasteiger partial charge in [0.25, 0.3) is 0 Å². The van der Waals surface area contributed by atoms with Crippen molar-refractivity contribution in [2.24, 2.45) is 0 Å². The van der Waals surface area contributed by atoms with Crippen LogP contribution in [0.25, 0.3) is 0 Å². The summed E-state index contributed by atoms with van der Waals surface area (Å²) in [5, 5.41) is 14.4. The molecule has 2 aromatic rings. The van der Waals surface area contributed by atoms with Crippen LogP contribution in [0.1, 0.15) is 5.56 Å². The average Bonchev–Trinajstić information content (AvgIpc) is 3.08. The van der Waals surface area contributed by atoms with E-state index in [0.717, 1.165) is 12.3 Å². The van der Waals surface area contributed by atoms with Crippen LogP contribution in [0.3, 0.4) is 0 Å². The van der Waals surface area contributed by atoms with Gasteiger partial charge in [-0.15, -0.1) is 0 Å². The first-order valence-corrected chi connectivity index (χ1v) is 8.04. The Morgan fingerprint density at radius 1 is 1.23 bits per heavy atom. The van der Waals surface area contributed by atoms with E-state index < -0.39 is 16.6 Å². The molecular weight excluding hydrogens is 348 g/mol. The number of halogens is 2. The van der Waals surface area contributed by atoms with E-state index in [-0.39, 0.29) is 30.2 Å². The second kappa shape index (κ2) is 7.56. The van der Waals surface area contributed by atoms with Crippen molar-refractivity contribution in [2.45, 2.75) is 13.1 Å². The van der Waals surface area contributed by atoms with E-state index in [0.29, 0.717) is 26.2 Å². The number of amides is 1. The van der Waals surface area contributed by atoms with Crippen molar-refractivity contribution in [3.63, 3.8) is 0 Å². The van der Waals surface area contributed by atoms with Gasteiger partial charge >= 0.3 is 5.69 Å². The molecule has 0 radical (unpaired) electrons. The molecule has 1 saturated heterocycles. The number of hydrogen-bond donors (Lipinski definition) is 0. The lowest BCUT2D eigenvalue weighted by molar-refractivity contribution is -0.385. The highest BCUT2D eigenvalue weighted by Crippen LogP contribution is 2.15. The topological polar surface area (TPSA) is 84.5 Å². The van der Waals surface area contributed by atoms with E-state index in [2.05, 4.69) is 5.10 Å². The normalized spacial score (nSPS) is 15.2. The van der Waals surface area contributed by atoms with E-state index in [1.165, 1.54) is 16.9 Å². The van der Waals surface area contributed by atoms with Gasteiger partial charge in [0.15, 0.2) is 11.6 Å². The lowest BCUT2D eigenvalue weighted by Crippen LogP contribution is -2.49. The van der Waals surface area contributed by atoms with Gasteiger partial charge in [-0.25, -0.2) is 8.78 Å². The lowest BCUT2D eigenvalue weighted by Gasteiger charge is -2.34. The number of rotatable bonds is 5. The fourth-order valence-electron chi connectivity index (χ4n) is 2.84. The molecule has 0 atom stereocenters. The number of piperazine rings is 1. The molecule has 10 heteroatoms. The Bertz CT molecular complexity index is 818. The quantitative estimate of drug-likeness (QED) is 0.591. The van der Waals surface area contributed by atoms with Crippen molar-refractivity contribution in [3.05, 3.63) is 57.9 Å². The standard InChI is InChI=1S/C16H17F2N5O3/c17-14-3-1-2-12(16(14)18)9-20-4-6-21(7-5-20)15(24)11-22-10-13(8-19-22)23(25)26/h1-3,8,10H,4-7,9,11H2. The van der Waals surface area contributed by atoms with E-state index in [1.807, 2.05) is 4.90 Å². The molecule has 0 unspecified atom stereocenters. The van der Waals surface area contributed by atoms with Crippen LogP contribution in [0.15, 0.2) is 30.6 Å². The SMILES string of the molecule is O=C(Cn1cc([N+](=O)[O-])cn1)N1CCN(Cc2cccc(F)c2F)CC1. The van der Waals surface area contributed by atoms with Crippen LogP contribution in [0.5, 0.6) is 0 Å². The summed E-state index contributed by atoms with van der Waals surface area (Å²) in [5.41, 5.74) is 0.119. The highest BCUT2D eigenvalue weighted by atomic mass is 19.2. The summed E-state index contributed by atoms with van der Waals surface area (Å²) in [6.45, 7) is 2.14. The minimum Gasteiger partial charge on any atom is -0.339 e. The van der Waals surface area contributed by atoms with Gasteiger partial charge in [0.2, 0.25) is 5.91 Å². The van der Waals surface area contributed by atoms with E-state index in [9.17, 15) is 23.7 Å². The molecule has 0 aliphatic carbocycles. The summed E-state index contributed by atoms with van der Waals surface area (Å²) in [6, 6.07) is 4.09. The molecular formula is C16H17F2N5O3. The molecule has 138 valence electrons. The maximum atomic E-state index is 13.7. The first kappa shape index (κ1) is 17.9. The second-order valence-corrected chi connectivity index (χ2v) is 6.02. The maximum absolute atomic E-state index is 13.7. The summed E-state index contributed by atoms with van der Waals surface area (Å²) in [6.07, 6.45) is 2.31. The summed E-state index contributed by atoms with van der Waals surface area (Å²) < 4.78 is 28.2. The number of benzene rings is 1. The first-order valence-electron chi connectivity index (χ1n) is 8.04. The van der Waals surface area contributed by atoms with Crippen molar-refractivity contribution in [2.75, 3.05) is 26.2 Å². The minimum absolute atomic E-state index is 0.0770. The Morgan fingerprint density at radius 2 is 1.96 bits per heavy atom. The molecule has 26 heavy (non-hydrogen) atoms. The molecule has 0 saturated carbocycles. The van der Waals surface area contributed by atoms with Crippen LogP contribution in [-0.2, 0) is 17.9 Å². The van der Waals surface area contributed by atoms with Gasteiger partial charge in [-0.2, -0.15) is 5.10 Å². The van der Waals surface area contributed by atoms with Crippen molar-refractivity contribution >= 4 is 11.6 Å². The Balaban J connectivity index is 1.52. The smallest absolute Gasteiger partial charge is 0.307 e. The molecule has 3 rings (SSSR count). The molecule has 1 aliphatic heterocycles. The first-order chi connectivity index (χ1) is 12.4. The molecule has 0 spiro atoms. The molecule has 0 N–H and O–H groups in total. The number of hydrogen-bond acceptors (Lipinski definition) is 5. The van der Waals surface area contributed by atoms with Crippen LogP contribution in [-0.4, -0.2) is 56.6 Å². The van der Waals surface area contributed by atoms with Crippen LogP contribution in [0.4, 0.5) is 14.5 Å². The van der Waals surface area contributed by atoms with Crippen molar-refractivity contribution in [1.82, 2.24) is 19.6 Å². The van der Waals surface area contributed by atoms with Crippen LogP contribution >= 0.6 is 0 Å². The number of nitro groups is 1. The zero-order valence-electron chi connectivity index (χ0n) is 13.8. The lowest BCUT2D eigenvalue weighted by atomic mass is 10.1. The van der Waals surface area contributed by atoms with Gasteiger partial charge in [-0.3, -0.25) is 24.5 Å². The highest BCUT2D eigenvalue weighted by Gasteiger charge is 2.23. The van der Waals surface area contributed by atoms with Crippen molar-refractivity contribution in [3.8, 4) is 0 Å². The highest BCUT2D eigenvalue weighted by molar-refractivity contribution is 5.76. The Morgan fingerprint density at radius 3 is 2.62 bits per heavy atom. The summed E-state index contributed by atoms with van der Waals surface area (Å²) >= 11 is 0. The van der Waals surface area contributed by atoms with E-state index in [4.69, 9.17) is 0 Å². The summed E-state index contributed by atoms with van der Waals surface area (Å²) in [5.74, 6) is -1.91. The van der Waals surface area contributed by atoms with Crippen molar-refractivity contribution in [1.29, 1.82) is 0 Å². The fourth-order valence-corrected chi connectivity index (χ4v) is 2.84.